The van der Waals surface area contributed by atoms with Crippen molar-refractivity contribution in [1.82, 2.24) is 0 Å². The van der Waals surface area contributed by atoms with Crippen molar-refractivity contribution in [3.05, 3.63) is 20.8 Å². The van der Waals surface area contributed by atoms with Gasteiger partial charge >= 0.3 is 5.97 Å². The lowest BCUT2D eigenvalue weighted by Crippen LogP contribution is -2.10. The van der Waals surface area contributed by atoms with E-state index in [1.807, 2.05) is 11.4 Å². The van der Waals surface area contributed by atoms with Gasteiger partial charge in [0.15, 0.2) is 0 Å². The lowest BCUT2D eigenvalue weighted by Gasteiger charge is -2.02. The van der Waals surface area contributed by atoms with Gasteiger partial charge in [-0.25, -0.2) is 0 Å². The fraction of sp³-hybridized carbons (Fsp3) is 0.444. The number of hydrogen-bond donors (Lipinski definition) is 0. The Kier molecular flexibility index (Phi) is 3.31. The van der Waals surface area contributed by atoms with E-state index in [2.05, 4.69) is 15.9 Å². The van der Waals surface area contributed by atoms with Crippen molar-refractivity contribution < 1.29 is 9.53 Å². The summed E-state index contributed by atoms with van der Waals surface area (Å²) in [5.41, 5.74) is 0.968. The molecule has 1 fully saturated rings. The Morgan fingerprint density at radius 3 is 2.87 bits per heavy atom. The molecule has 6 heteroatoms. The van der Waals surface area contributed by atoms with E-state index in [0.717, 1.165) is 9.35 Å². The number of alkyl halides is 2. The van der Waals surface area contributed by atoms with Crippen LogP contribution in [0.4, 0.5) is 0 Å². The summed E-state index contributed by atoms with van der Waals surface area (Å²) in [6.07, 6.45) is 0.488. The van der Waals surface area contributed by atoms with E-state index in [0.29, 0.717) is 6.42 Å². The number of hydrogen-bond acceptors (Lipinski definition) is 3. The van der Waals surface area contributed by atoms with Crippen LogP contribution in [0.2, 0.25) is 0 Å². The van der Waals surface area contributed by atoms with Crippen LogP contribution in [-0.2, 0) is 16.1 Å². The molecular weight excluding hydrogens is 323 g/mol. The molecule has 1 saturated carbocycles. The molecule has 0 spiro atoms. The summed E-state index contributed by atoms with van der Waals surface area (Å²) in [7, 11) is 0. The summed E-state index contributed by atoms with van der Waals surface area (Å²) in [5, 5.41) is 1.93. The number of halogens is 3. The van der Waals surface area contributed by atoms with E-state index in [1.54, 1.807) is 11.3 Å². The summed E-state index contributed by atoms with van der Waals surface area (Å²) in [4.78, 5) is 11.4. The first-order valence-electron chi connectivity index (χ1n) is 4.26. The first kappa shape index (κ1) is 11.7. The molecular formula is C9H7BrCl2O2S. The molecule has 82 valence electrons. The standard InChI is InChI=1S/C9H7BrCl2O2S/c10-7-1-5(4-15-7)3-14-8(13)6-2-9(6,11)12/h1,4,6H,2-3H2. The molecule has 1 aliphatic carbocycles. The van der Waals surface area contributed by atoms with Crippen molar-refractivity contribution in [1.29, 1.82) is 0 Å². The molecule has 1 aromatic rings. The summed E-state index contributed by atoms with van der Waals surface area (Å²) in [5.74, 6) is -0.676. The first-order chi connectivity index (χ1) is 6.99. The minimum absolute atomic E-state index is 0.279. The van der Waals surface area contributed by atoms with Crippen LogP contribution in [0.15, 0.2) is 15.2 Å². The monoisotopic (exact) mass is 328 g/mol. The van der Waals surface area contributed by atoms with Crippen LogP contribution in [0.3, 0.4) is 0 Å². The predicted octanol–water partition coefficient (Wildman–Crippen LogP) is 3.75. The second kappa shape index (κ2) is 4.24. The Balaban J connectivity index is 1.82. The van der Waals surface area contributed by atoms with Gasteiger partial charge in [0.05, 0.1) is 9.70 Å². The van der Waals surface area contributed by atoms with Crippen molar-refractivity contribution in [2.45, 2.75) is 17.4 Å². The summed E-state index contributed by atoms with van der Waals surface area (Å²) in [6.45, 7) is 0.279. The Bertz CT molecular complexity index is 391. The highest BCUT2D eigenvalue weighted by molar-refractivity contribution is 9.11. The molecule has 1 aromatic heterocycles. The van der Waals surface area contributed by atoms with Gasteiger partial charge in [0.1, 0.15) is 10.9 Å². The molecule has 1 unspecified atom stereocenters. The highest BCUT2D eigenvalue weighted by atomic mass is 79.9. The van der Waals surface area contributed by atoms with Gasteiger partial charge in [0.25, 0.3) is 0 Å². The number of carbonyl (C=O) groups is 1. The summed E-state index contributed by atoms with van der Waals surface area (Å²) < 4.78 is 5.20. The van der Waals surface area contributed by atoms with E-state index in [-0.39, 0.29) is 18.5 Å². The van der Waals surface area contributed by atoms with Gasteiger partial charge in [-0.15, -0.1) is 34.5 Å². The van der Waals surface area contributed by atoms with Crippen LogP contribution in [0.25, 0.3) is 0 Å². The topological polar surface area (TPSA) is 26.3 Å². The second-order valence-electron chi connectivity index (χ2n) is 3.38. The van der Waals surface area contributed by atoms with Crippen LogP contribution < -0.4 is 0 Å². The van der Waals surface area contributed by atoms with Crippen molar-refractivity contribution in [3.8, 4) is 0 Å². The maximum Gasteiger partial charge on any atom is 0.312 e. The molecule has 0 N–H and O–H groups in total. The second-order valence-corrected chi connectivity index (χ2v) is 7.22. The zero-order chi connectivity index (χ0) is 11.1. The summed E-state index contributed by atoms with van der Waals surface area (Å²) >= 11 is 16.4. The Morgan fingerprint density at radius 1 is 1.73 bits per heavy atom. The lowest BCUT2D eigenvalue weighted by atomic mass is 10.4. The molecule has 0 saturated heterocycles. The third-order valence-corrected chi connectivity index (χ3v) is 4.50. The molecule has 0 radical (unpaired) electrons. The molecule has 2 nitrogen and oxygen atoms in total. The van der Waals surface area contributed by atoms with E-state index in [9.17, 15) is 4.79 Å². The zero-order valence-electron chi connectivity index (χ0n) is 7.50. The van der Waals surface area contributed by atoms with Crippen LogP contribution in [0.5, 0.6) is 0 Å². The van der Waals surface area contributed by atoms with Gasteiger partial charge in [-0.1, -0.05) is 0 Å². The van der Waals surface area contributed by atoms with Gasteiger partial charge in [-0.3, -0.25) is 4.79 Å². The van der Waals surface area contributed by atoms with Crippen molar-refractivity contribution in [2.24, 2.45) is 5.92 Å². The number of esters is 1. The smallest absolute Gasteiger partial charge is 0.312 e. The fourth-order valence-electron chi connectivity index (χ4n) is 1.15. The molecule has 1 atom stereocenters. The Hall–Kier alpha value is 0.230. The van der Waals surface area contributed by atoms with Gasteiger partial charge in [-0.05, 0) is 33.8 Å². The molecule has 15 heavy (non-hydrogen) atoms. The SMILES string of the molecule is O=C(OCc1csc(Br)c1)C1CC1(Cl)Cl. The number of thiophene rings is 1. The summed E-state index contributed by atoms with van der Waals surface area (Å²) in [6, 6.07) is 1.92. The predicted molar refractivity (Wildman–Crippen MR) is 64.4 cm³/mol. The van der Waals surface area contributed by atoms with E-state index in [4.69, 9.17) is 27.9 Å². The first-order valence-corrected chi connectivity index (χ1v) is 6.69. The third-order valence-electron chi connectivity index (χ3n) is 2.11. The molecule has 0 amide bonds. The molecule has 2 rings (SSSR count). The minimum Gasteiger partial charge on any atom is -0.460 e. The molecule has 0 aliphatic heterocycles. The quantitative estimate of drug-likeness (QED) is 0.623. The van der Waals surface area contributed by atoms with Crippen LogP contribution in [-0.4, -0.2) is 10.3 Å². The molecule has 0 aromatic carbocycles. The number of carbonyl (C=O) groups excluding carboxylic acids is 1. The normalized spacial score (nSPS) is 22.5. The maximum atomic E-state index is 11.4. The zero-order valence-corrected chi connectivity index (χ0v) is 11.4. The van der Waals surface area contributed by atoms with Crippen LogP contribution >= 0.6 is 50.5 Å². The van der Waals surface area contributed by atoms with Crippen LogP contribution in [0, 0.1) is 5.92 Å². The fourth-order valence-corrected chi connectivity index (χ4v) is 2.83. The third kappa shape index (κ3) is 2.87. The highest BCUT2D eigenvalue weighted by Crippen LogP contribution is 2.53. The van der Waals surface area contributed by atoms with E-state index < -0.39 is 4.33 Å². The van der Waals surface area contributed by atoms with Crippen molar-refractivity contribution in [3.63, 3.8) is 0 Å². The van der Waals surface area contributed by atoms with E-state index in [1.165, 1.54) is 0 Å². The number of rotatable bonds is 3. The van der Waals surface area contributed by atoms with E-state index >= 15 is 0 Å². The van der Waals surface area contributed by atoms with Gasteiger partial charge in [0.2, 0.25) is 0 Å². The number of ether oxygens (including phenoxy) is 1. The average molecular weight is 330 g/mol. The van der Waals surface area contributed by atoms with Gasteiger partial charge in [0, 0.05) is 5.56 Å². The average Bonchev–Trinajstić information content (AvgIpc) is 2.59. The van der Waals surface area contributed by atoms with Crippen molar-refractivity contribution >= 4 is 56.4 Å². The maximum absolute atomic E-state index is 11.4. The Labute approximate surface area is 110 Å². The molecule has 1 aliphatic rings. The molecule has 1 heterocycles. The minimum atomic E-state index is -0.897. The lowest BCUT2D eigenvalue weighted by molar-refractivity contribution is -0.146. The van der Waals surface area contributed by atoms with Crippen LogP contribution in [0.1, 0.15) is 12.0 Å². The molecule has 0 bridgehead atoms. The van der Waals surface area contributed by atoms with Gasteiger partial charge in [-0.2, -0.15) is 0 Å². The van der Waals surface area contributed by atoms with Crippen molar-refractivity contribution in [2.75, 3.05) is 0 Å². The Morgan fingerprint density at radius 2 is 2.40 bits per heavy atom. The van der Waals surface area contributed by atoms with Gasteiger partial charge < -0.3 is 4.74 Å². The highest BCUT2D eigenvalue weighted by Gasteiger charge is 2.57. The largest absolute Gasteiger partial charge is 0.460 e.